The highest BCUT2D eigenvalue weighted by molar-refractivity contribution is 7.99. The minimum absolute atomic E-state index is 0.0343. The summed E-state index contributed by atoms with van der Waals surface area (Å²) in [4.78, 5) is 17.1. The molecule has 1 fully saturated rings. The number of aromatic amines is 1. The summed E-state index contributed by atoms with van der Waals surface area (Å²) in [7, 11) is -2.98. The second-order valence-electron chi connectivity index (χ2n) is 4.90. The molecule has 1 atom stereocenters. The first-order valence-electron chi connectivity index (χ1n) is 6.61. The van der Waals surface area contributed by atoms with Crippen LogP contribution in [0.15, 0.2) is 22.7 Å². The fraction of sp³-hybridized carbons (Fsp3) is 0.417. The van der Waals surface area contributed by atoms with Crippen molar-refractivity contribution in [1.29, 1.82) is 0 Å². The number of carbonyl (C=O) groups is 1. The smallest absolute Gasteiger partial charge is 0.230 e. The van der Waals surface area contributed by atoms with Crippen molar-refractivity contribution in [1.82, 2.24) is 20.5 Å². The Bertz CT molecular complexity index is 754. The molecule has 2 aromatic rings. The lowest BCUT2D eigenvalue weighted by atomic mass is 10.3. The third-order valence-corrected chi connectivity index (χ3v) is 6.64. The lowest BCUT2D eigenvalue weighted by Crippen LogP contribution is -2.36. The molecule has 1 aliphatic heterocycles. The number of nitrogens with zero attached hydrogens (tertiary/aromatic N) is 2. The number of amides is 1. The number of thioether (sulfide) groups is 1. The number of aromatic nitrogens is 3. The summed E-state index contributed by atoms with van der Waals surface area (Å²) in [5, 5.41) is 12.1. The SMILES string of the molecule is O=C(CSc1n[nH]c(-c2cccs2)n1)N[C@@H]1CCS(=O)(=O)C1. The molecule has 0 aliphatic carbocycles. The van der Waals surface area contributed by atoms with Crippen LogP contribution in [0.5, 0.6) is 0 Å². The van der Waals surface area contributed by atoms with Gasteiger partial charge in [0, 0.05) is 6.04 Å². The van der Waals surface area contributed by atoms with Crippen LogP contribution in [0.25, 0.3) is 10.7 Å². The van der Waals surface area contributed by atoms with E-state index in [0.717, 1.165) is 4.88 Å². The lowest BCUT2D eigenvalue weighted by molar-refractivity contribution is -0.119. The van der Waals surface area contributed by atoms with Gasteiger partial charge < -0.3 is 5.32 Å². The Labute approximate surface area is 135 Å². The highest BCUT2D eigenvalue weighted by Gasteiger charge is 2.28. The van der Waals surface area contributed by atoms with E-state index in [4.69, 9.17) is 0 Å². The minimum Gasteiger partial charge on any atom is -0.352 e. The normalized spacial score (nSPS) is 20.1. The summed E-state index contributed by atoms with van der Waals surface area (Å²) >= 11 is 2.78. The van der Waals surface area contributed by atoms with Crippen LogP contribution < -0.4 is 5.32 Å². The molecule has 118 valence electrons. The maximum Gasteiger partial charge on any atom is 0.230 e. The van der Waals surface area contributed by atoms with Crippen molar-refractivity contribution in [2.75, 3.05) is 17.3 Å². The third-order valence-electron chi connectivity index (χ3n) is 3.15. The number of sulfone groups is 1. The molecule has 2 aromatic heterocycles. The van der Waals surface area contributed by atoms with Gasteiger partial charge in [-0.05, 0) is 17.9 Å². The fourth-order valence-electron chi connectivity index (χ4n) is 2.14. The molecule has 3 rings (SSSR count). The van der Waals surface area contributed by atoms with Gasteiger partial charge >= 0.3 is 0 Å². The number of thiophene rings is 1. The van der Waals surface area contributed by atoms with Gasteiger partial charge in [-0.1, -0.05) is 17.8 Å². The van der Waals surface area contributed by atoms with E-state index in [9.17, 15) is 13.2 Å². The van der Waals surface area contributed by atoms with Gasteiger partial charge in [0.1, 0.15) is 0 Å². The van der Waals surface area contributed by atoms with Gasteiger partial charge in [-0.15, -0.1) is 16.4 Å². The third kappa shape index (κ3) is 3.87. The molecule has 2 N–H and O–H groups in total. The lowest BCUT2D eigenvalue weighted by Gasteiger charge is -2.09. The predicted octanol–water partition coefficient (Wildman–Crippen LogP) is 0.929. The summed E-state index contributed by atoms with van der Waals surface area (Å²) in [6.07, 6.45) is 0.488. The number of rotatable bonds is 5. The first kappa shape index (κ1) is 15.5. The van der Waals surface area contributed by atoms with Gasteiger partial charge in [-0.2, -0.15) is 0 Å². The molecule has 22 heavy (non-hydrogen) atoms. The highest BCUT2D eigenvalue weighted by atomic mass is 32.2. The van der Waals surface area contributed by atoms with Crippen LogP contribution in [0, 0.1) is 0 Å². The molecule has 1 saturated heterocycles. The van der Waals surface area contributed by atoms with Crippen molar-refractivity contribution in [3.63, 3.8) is 0 Å². The monoisotopic (exact) mass is 358 g/mol. The Morgan fingerprint density at radius 3 is 3.09 bits per heavy atom. The predicted molar refractivity (Wildman–Crippen MR) is 85.6 cm³/mol. The molecule has 0 radical (unpaired) electrons. The molecule has 3 heterocycles. The van der Waals surface area contributed by atoms with E-state index in [1.165, 1.54) is 11.8 Å². The Balaban J connectivity index is 1.49. The average molecular weight is 358 g/mol. The van der Waals surface area contributed by atoms with Crippen molar-refractivity contribution in [2.24, 2.45) is 0 Å². The summed E-state index contributed by atoms with van der Waals surface area (Å²) in [5.74, 6) is 0.829. The molecule has 1 amide bonds. The molecule has 0 spiro atoms. The fourth-order valence-corrected chi connectivity index (χ4v) is 5.09. The van der Waals surface area contributed by atoms with Crippen molar-refractivity contribution in [2.45, 2.75) is 17.6 Å². The summed E-state index contributed by atoms with van der Waals surface area (Å²) in [6.45, 7) is 0. The topological polar surface area (TPSA) is 105 Å². The van der Waals surface area contributed by atoms with E-state index in [0.29, 0.717) is 17.4 Å². The first-order valence-corrected chi connectivity index (χ1v) is 10.3. The summed E-state index contributed by atoms with van der Waals surface area (Å²) < 4.78 is 22.7. The van der Waals surface area contributed by atoms with Crippen LogP contribution in [0.4, 0.5) is 0 Å². The molecule has 0 aromatic carbocycles. The molecule has 10 heteroatoms. The minimum atomic E-state index is -2.98. The molecule has 0 unspecified atom stereocenters. The maximum absolute atomic E-state index is 11.8. The van der Waals surface area contributed by atoms with Gasteiger partial charge in [-0.25, -0.2) is 13.4 Å². The summed E-state index contributed by atoms with van der Waals surface area (Å²) in [5.41, 5.74) is 0. The van der Waals surface area contributed by atoms with Gasteiger partial charge in [0.2, 0.25) is 11.1 Å². The molecular formula is C12H14N4O3S3. The number of H-pyrrole nitrogens is 1. The van der Waals surface area contributed by atoms with E-state index in [1.807, 2.05) is 17.5 Å². The van der Waals surface area contributed by atoms with Crippen molar-refractivity contribution in [3.8, 4) is 10.7 Å². The zero-order valence-corrected chi connectivity index (χ0v) is 13.9. The zero-order chi connectivity index (χ0) is 15.6. The highest BCUT2D eigenvalue weighted by Crippen LogP contribution is 2.23. The molecule has 7 nitrogen and oxygen atoms in total. The van der Waals surface area contributed by atoms with Crippen LogP contribution in [0.2, 0.25) is 0 Å². The quantitative estimate of drug-likeness (QED) is 0.771. The molecule has 0 saturated carbocycles. The number of carbonyl (C=O) groups excluding carboxylic acids is 1. The van der Waals surface area contributed by atoms with Gasteiger partial charge in [0.25, 0.3) is 0 Å². The Kier molecular flexibility index (Phi) is 4.50. The van der Waals surface area contributed by atoms with Gasteiger partial charge in [0.15, 0.2) is 15.7 Å². The second-order valence-corrected chi connectivity index (χ2v) is 9.02. The van der Waals surface area contributed by atoms with E-state index < -0.39 is 9.84 Å². The van der Waals surface area contributed by atoms with Crippen molar-refractivity contribution >= 4 is 38.8 Å². The average Bonchev–Trinajstić information content (AvgIpc) is 3.16. The second kappa shape index (κ2) is 6.39. The van der Waals surface area contributed by atoms with Crippen LogP contribution in [-0.2, 0) is 14.6 Å². The van der Waals surface area contributed by atoms with Crippen LogP contribution >= 0.6 is 23.1 Å². The number of hydrogen-bond donors (Lipinski definition) is 2. The molecule has 1 aliphatic rings. The van der Waals surface area contributed by atoms with Crippen LogP contribution in [0.1, 0.15) is 6.42 Å². The number of nitrogens with one attached hydrogen (secondary N) is 2. The van der Waals surface area contributed by atoms with Crippen LogP contribution in [-0.4, -0.2) is 52.8 Å². The molecular weight excluding hydrogens is 344 g/mol. The Morgan fingerprint density at radius 2 is 2.41 bits per heavy atom. The van der Waals surface area contributed by atoms with E-state index in [2.05, 4.69) is 20.5 Å². The maximum atomic E-state index is 11.8. The Hall–Kier alpha value is -1.39. The first-order chi connectivity index (χ1) is 10.5. The van der Waals surface area contributed by atoms with E-state index >= 15 is 0 Å². The van der Waals surface area contributed by atoms with Gasteiger partial charge in [-0.3, -0.25) is 9.89 Å². The standard InChI is InChI=1S/C12H14N4O3S3/c17-10(13-8-3-5-22(18,19)7-8)6-21-12-14-11(15-16-12)9-2-1-4-20-9/h1-2,4,8H,3,5-7H2,(H,13,17)(H,14,15,16)/t8-/m1/s1. The van der Waals surface area contributed by atoms with Gasteiger partial charge in [0.05, 0.1) is 22.1 Å². The van der Waals surface area contributed by atoms with E-state index in [1.54, 1.807) is 11.3 Å². The largest absolute Gasteiger partial charge is 0.352 e. The zero-order valence-electron chi connectivity index (χ0n) is 11.5. The number of hydrogen-bond acceptors (Lipinski definition) is 7. The van der Waals surface area contributed by atoms with Crippen molar-refractivity contribution in [3.05, 3.63) is 17.5 Å². The van der Waals surface area contributed by atoms with E-state index in [-0.39, 0.29) is 29.2 Å². The Morgan fingerprint density at radius 1 is 1.55 bits per heavy atom. The molecule has 0 bridgehead atoms. The van der Waals surface area contributed by atoms with Crippen LogP contribution in [0.3, 0.4) is 0 Å². The van der Waals surface area contributed by atoms with Crippen molar-refractivity contribution < 1.29 is 13.2 Å². The summed E-state index contributed by atoms with van der Waals surface area (Å²) in [6, 6.07) is 3.60.